The molecule has 1 saturated heterocycles. The summed E-state index contributed by atoms with van der Waals surface area (Å²) in [5, 5.41) is 0. The van der Waals surface area contributed by atoms with E-state index in [0.29, 0.717) is 6.04 Å². The van der Waals surface area contributed by atoms with Crippen molar-refractivity contribution < 1.29 is 0 Å². The minimum Gasteiger partial charge on any atom is -0.374 e. The monoisotopic (exact) mass is 288 g/mol. The number of aryl methyl sites for hydroxylation is 1. The van der Waals surface area contributed by atoms with E-state index < -0.39 is 0 Å². The molecule has 2 N–H and O–H groups in total. The Labute approximate surface area is 128 Å². The second-order valence-electron chi connectivity index (χ2n) is 6.61. The van der Waals surface area contributed by atoms with E-state index in [2.05, 4.69) is 47.0 Å². The zero-order chi connectivity index (χ0) is 14.8. The molecule has 2 aliphatic heterocycles. The third-order valence-electron chi connectivity index (χ3n) is 4.96. The van der Waals surface area contributed by atoms with Gasteiger partial charge in [0.25, 0.3) is 0 Å². The second kappa shape index (κ2) is 6.34. The van der Waals surface area contributed by atoms with Gasteiger partial charge in [-0.05, 0) is 37.1 Å². The number of benzene rings is 1. The third-order valence-corrected chi connectivity index (χ3v) is 4.96. The van der Waals surface area contributed by atoms with Crippen LogP contribution < -0.4 is 10.6 Å². The standard InChI is InChI=1S/C17H28N4/c1-19-8-9-21(16(11-18)13-19)12-14-5-6-17-15(10-14)4-3-7-20(17)2/h5-6,10,16H,3-4,7-9,11-13,18H2,1-2H3. The average Bonchev–Trinajstić information content (AvgIpc) is 2.49. The molecule has 0 spiro atoms. The molecule has 4 nitrogen and oxygen atoms in total. The fourth-order valence-electron chi connectivity index (χ4n) is 3.65. The van der Waals surface area contributed by atoms with Gasteiger partial charge < -0.3 is 15.5 Å². The minimum atomic E-state index is 0.488. The molecule has 1 atom stereocenters. The topological polar surface area (TPSA) is 35.7 Å². The Hall–Kier alpha value is -1.10. The summed E-state index contributed by atoms with van der Waals surface area (Å²) in [6.45, 7) is 6.31. The van der Waals surface area contributed by atoms with Gasteiger partial charge in [0.2, 0.25) is 0 Å². The van der Waals surface area contributed by atoms with Crippen molar-refractivity contribution in [1.29, 1.82) is 0 Å². The van der Waals surface area contributed by atoms with Crippen molar-refractivity contribution in [3.05, 3.63) is 29.3 Å². The molecule has 0 aliphatic carbocycles. The van der Waals surface area contributed by atoms with E-state index >= 15 is 0 Å². The molecule has 1 unspecified atom stereocenters. The van der Waals surface area contributed by atoms with Gasteiger partial charge in [-0.25, -0.2) is 0 Å². The number of piperazine rings is 1. The molecule has 21 heavy (non-hydrogen) atoms. The zero-order valence-corrected chi connectivity index (χ0v) is 13.4. The Morgan fingerprint density at radius 1 is 1.19 bits per heavy atom. The molecule has 0 radical (unpaired) electrons. The number of nitrogens with two attached hydrogens (primary N) is 1. The smallest absolute Gasteiger partial charge is 0.0396 e. The predicted molar refractivity (Wildman–Crippen MR) is 88.8 cm³/mol. The van der Waals surface area contributed by atoms with Crippen molar-refractivity contribution in [3.63, 3.8) is 0 Å². The number of hydrogen-bond acceptors (Lipinski definition) is 4. The van der Waals surface area contributed by atoms with Crippen LogP contribution in [0.25, 0.3) is 0 Å². The first kappa shape index (κ1) is 14.8. The number of fused-ring (bicyclic) bond motifs is 1. The molecule has 2 aliphatic rings. The summed E-state index contributed by atoms with van der Waals surface area (Å²) in [4.78, 5) is 7.31. The summed E-state index contributed by atoms with van der Waals surface area (Å²) in [5.41, 5.74) is 10.3. The van der Waals surface area contributed by atoms with Crippen LogP contribution in [-0.2, 0) is 13.0 Å². The molecule has 0 aromatic heterocycles. The lowest BCUT2D eigenvalue weighted by Gasteiger charge is -2.39. The Morgan fingerprint density at radius 3 is 2.86 bits per heavy atom. The highest BCUT2D eigenvalue weighted by Crippen LogP contribution is 2.27. The number of likely N-dealkylation sites (N-methyl/N-ethyl adjacent to an activating group) is 1. The van der Waals surface area contributed by atoms with Gasteiger partial charge >= 0.3 is 0 Å². The average molecular weight is 288 g/mol. The van der Waals surface area contributed by atoms with Crippen molar-refractivity contribution in [2.45, 2.75) is 25.4 Å². The molecule has 1 fully saturated rings. The summed E-state index contributed by atoms with van der Waals surface area (Å²) in [6.07, 6.45) is 2.49. The summed E-state index contributed by atoms with van der Waals surface area (Å²) in [5.74, 6) is 0. The van der Waals surface area contributed by atoms with Crippen LogP contribution in [0.3, 0.4) is 0 Å². The van der Waals surface area contributed by atoms with Crippen LogP contribution in [0.1, 0.15) is 17.5 Å². The summed E-state index contributed by atoms with van der Waals surface area (Å²) < 4.78 is 0. The van der Waals surface area contributed by atoms with Gasteiger partial charge in [0.1, 0.15) is 0 Å². The van der Waals surface area contributed by atoms with Crippen molar-refractivity contribution in [3.8, 4) is 0 Å². The van der Waals surface area contributed by atoms with E-state index in [9.17, 15) is 0 Å². The van der Waals surface area contributed by atoms with E-state index in [4.69, 9.17) is 5.73 Å². The molecule has 0 amide bonds. The van der Waals surface area contributed by atoms with Crippen LogP contribution in [0.2, 0.25) is 0 Å². The first-order valence-corrected chi connectivity index (χ1v) is 8.13. The maximum absolute atomic E-state index is 5.96. The van der Waals surface area contributed by atoms with Gasteiger partial charge in [-0.1, -0.05) is 12.1 Å². The lowest BCUT2D eigenvalue weighted by Crippen LogP contribution is -2.54. The normalized spacial score (nSPS) is 24.1. The van der Waals surface area contributed by atoms with E-state index in [1.54, 1.807) is 0 Å². The maximum atomic E-state index is 5.96. The summed E-state index contributed by atoms with van der Waals surface area (Å²) >= 11 is 0. The van der Waals surface area contributed by atoms with Crippen LogP contribution in [0.4, 0.5) is 5.69 Å². The Kier molecular flexibility index (Phi) is 4.48. The summed E-state index contributed by atoms with van der Waals surface area (Å²) in [6, 6.07) is 7.50. The van der Waals surface area contributed by atoms with Crippen LogP contribution in [-0.4, -0.2) is 62.7 Å². The van der Waals surface area contributed by atoms with Crippen LogP contribution >= 0.6 is 0 Å². The molecule has 3 rings (SSSR count). The van der Waals surface area contributed by atoms with Crippen molar-refractivity contribution in [2.75, 3.05) is 51.7 Å². The molecule has 1 aromatic carbocycles. The van der Waals surface area contributed by atoms with Gasteiger partial charge in [-0.3, -0.25) is 4.90 Å². The lowest BCUT2D eigenvalue weighted by atomic mass is 9.99. The molecular formula is C17H28N4. The molecule has 1 aromatic rings. The van der Waals surface area contributed by atoms with Crippen molar-refractivity contribution >= 4 is 5.69 Å². The number of nitrogens with zero attached hydrogens (tertiary/aromatic N) is 3. The number of rotatable bonds is 3. The first-order chi connectivity index (χ1) is 10.2. The van der Waals surface area contributed by atoms with Crippen LogP contribution in [0, 0.1) is 0 Å². The van der Waals surface area contributed by atoms with Gasteiger partial charge in [-0.2, -0.15) is 0 Å². The van der Waals surface area contributed by atoms with E-state index in [1.165, 1.54) is 36.2 Å². The van der Waals surface area contributed by atoms with Gasteiger partial charge in [0, 0.05) is 58.0 Å². The van der Waals surface area contributed by atoms with Gasteiger partial charge in [0.15, 0.2) is 0 Å². The third kappa shape index (κ3) is 3.23. The SMILES string of the molecule is CN1CCN(Cc2ccc3c(c2)CCCN3C)C(CN)C1. The predicted octanol–water partition coefficient (Wildman–Crippen LogP) is 1.14. The Bertz CT molecular complexity index is 488. The second-order valence-corrected chi connectivity index (χ2v) is 6.61. The minimum absolute atomic E-state index is 0.488. The molecular weight excluding hydrogens is 260 g/mol. The summed E-state index contributed by atoms with van der Waals surface area (Å²) in [7, 11) is 4.39. The van der Waals surface area contributed by atoms with Gasteiger partial charge in [-0.15, -0.1) is 0 Å². The highest BCUT2D eigenvalue weighted by molar-refractivity contribution is 5.56. The quantitative estimate of drug-likeness (QED) is 0.905. The first-order valence-electron chi connectivity index (χ1n) is 8.13. The highest BCUT2D eigenvalue weighted by atomic mass is 15.3. The lowest BCUT2D eigenvalue weighted by molar-refractivity contribution is 0.0881. The molecule has 2 heterocycles. The molecule has 116 valence electrons. The van der Waals surface area contributed by atoms with Crippen LogP contribution in [0.15, 0.2) is 18.2 Å². The fourth-order valence-corrected chi connectivity index (χ4v) is 3.65. The van der Waals surface area contributed by atoms with Crippen molar-refractivity contribution in [1.82, 2.24) is 9.80 Å². The Morgan fingerprint density at radius 2 is 2.05 bits per heavy atom. The van der Waals surface area contributed by atoms with Crippen LogP contribution in [0.5, 0.6) is 0 Å². The molecule has 0 saturated carbocycles. The van der Waals surface area contributed by atoms with Crippen molar-refractivity contribution in [2.24, 2.45) is 5.73 Å². The van der Waals surface area contributed by atoms with E-state index in [-0.39, 0.29) is 0 Å². The van der Waals surface area contributed by atoms with E-state index in [1.807, 2.05) is 0 Å². The van der Waals surface area contributed by atoms with E-state index in [0.717, 1.165) is 32.7 Å². The zero-order valence-electron chi connectivity index (χ0n) is 13.4. The fraction of sp³-hybridized carbons (Fsp3) is 0.647. The maximum Gasteiger partial charge on any atom is 0.0396 e. The Balaban J connectivity index is 1.73. The molecule has 0 bridgehead atoms. The number of hydrogen-bond donors (Lipinski definition) is 1. The number of anilines is 1. The highest BCUT2D eigenvalue weighted by Gasteiger charge is 2.24. The largest absolute Gasteiger partial charge is 0.374 e. The van der Waals surface area contributed by atoms with Gasteiger partial charge in [0.05, 0.1) is 0 Å². The molecule has 4 heteroatoms.